The standard InChI is InChI=1S/C32H33N7O3/c1-3-5-13-25-20-28(31(40)33-29(32(41)42-4-2)24-11-7-6-8-12-24)36-39(25)21-22-16-18-23(19-17-22)26-14-9-10-15-27(26)30-34-37-38-35-30/h6-12,14-20,29H,3-5,13,21H2,1-2H3,(H,33,40)(H,34,35,37,38). The number of carbonyl (C=O) groups is 2. The van der Waals surface area contributed by atoms with Gasteiger partial charge in [0.25, 0.3) is 5.91 Å². The number of amides is 1. The fourth-order valence-corrected chi connectivity index (χ4v) is 4.79. The smallest absolute Gasteiger partial charge is 0.333 e. The quantitative estimate of drug-likeness (QED) is 0.201. The molecule has 5 rings (SSSR count). The zero-order valence-electron chi connectivity index (χ0n) is 23.7. The van der Waals surface area contributed by atoms with Crippen LogP contribution in [0.5, 0.6) is 0 Å². The van der Waals surface area contributed by atoms with Gasteiger partial charge in [0.2, 0.25) is 5.82 Å². The Labute approximate surface area is 244 Å². The maximum Gasteiger partial charge on any atom is 0.333 e. The fraction of sp³-hybridized carbons (Fsp3) is 0.250. The number of unbranched alkanes of at least 4 members (excludes halogenated alkanes) is 1. The van der Waals surface area contributed by atoms with Crippen molar-refractivity contribution in [2.45, 2.75) is 45.7 Å². The lowest BCUT2D eigenvalue weighted by molar-refractivity contribution is -0.145. The summed E-state index contributed by atoms with van der Waals surface area (Å²) in [6.45, 7) is 4.58. The van der Waals surface area contributed by atoms with E-state index in [2.05, 4.69) is 62.2 Å². The molecule has 10 nitrogen and oxygen atoms in total. The molecule has 5 aromatic rings. The molecule has 2 aromatic heterocycles. The Balaban J connectivity index is 1.37. The Morgan fingerprint density at radius 1 is 0.952 bits per heavy atom. The average Bonchev–Trinajstić information content (AvgIpc) is 3.70. The van der Waals surface area contributed by atoms with E-state index in [0.717, 1.165) is 47.2 Å². The zero-order valence-corrected chi connectivity index (χ0v) is 23.7. The van der Waals surface area contributed by atoms with Gasteiger partial charge in [0.1, 0.15) is 5.69 Å². The summed E-state index contributed by atoms with van der Waals surface area (Å²) < 4.78 is 7.11. The van der Waals surface area contributed by atoms with Gasteiger partial charge in [-0.15, -0.1) is 10.2 Å². The van der Waals surface area contributed by atoms with Crippen LogP contribution < -0.4 is 5.32 Å². The van der Waals surface area contributed by atoms with Crippen molar-refractivity contribution < 1.29 is 14.3 Å². The number of tetrazole rings is 1. The molecule has 0 fully saturated rings. The Morgan fingerprint density at radius 2 is 1.69 bits per heavy atom. The second-order valence-electron chi connectivity index (χ2n) is 9.83. The van der Waals surface area contributed by atoms with Crippen LogP contribution in [-0.4, -0.2) is 48.9 Å². The monoisotopic (exact) mass is 563 g/mol. The first-order chi connectivity index (χ1) is 20.6. The van der Waals surface area contributed by atoms with Crippen LogP contribution in [0, 0.1) is 0 Å². The first kappa shape index (κ1) is 28.4. The second-order valence-corrected chi connectivity index (χ2v) is 9.83. The molecule has 214 valence electrons. The van der Waals surface area contributed by atoms with E-state index in [0.29, 0.717) is 17.9 Å². The van der Waals surface area contributed by atoms with Crippen LogP contribution in [0.3, 0.4) is 0 Å². The van der Waals surface area contributed by atoms with Crippen LogP contribution in [0.25, 0.3) is 22.5 Å². The van der Waals surface area contributed by atoms with E-state index in [-0.39, 0.29) is 12.3 Å². The number of benzene rings is 3. The molecule has 0 aliphatic rings. The van der Waals surface area contributed by atoms with Crippen molar-refractivity contribution in [2.75, 3.05) is 6.61 Å². The van der Waals surface area contributed by atoms with Crippen molar-refractivity contribution >= 4 is 11.9 Å². The van der Waals surface area contributed by atoms with Crippen LogP contribution in [-0.2, 0) is 22.5 Å². The van der Waals surface area contributed by atoms with E-state index in [4.69, 9.17) is 4.74 Å². The van der Waals surface area contributed by atoms with E-state index >= 15 is 0 Å². The molecule has 2 heterocycles. The van der Waals surface area contributed by atoms with Crippen molar-refractivity contribution in [3.8, 4) is 22.5 Å². The summed E-state index contributed by atoms with van der Waals surface area (Å²) in [6, 6.07) is 26.1. The lowest BCUT2D eigenvalue weighted by Gasteiger charge is -2.17. The summed E-state index contributed by atoms with van der Waals surface area (Å²) in [4.78, 5) is 26.1. The van der Waals surface area contributed by atoms with E-state index in [1.165, 1.54) is 0 Å². The fourth-order valence-electron chi connectivity index (χ4n) is 4.79. The molecule has 0 saturated carbocycles. The van der Waals surface area contributed by atoms with E-state index in [9.17, 15) is 9.59 Å². The average molecular weight is 564 g/mol. The third-order valence-corrected chi connectivity index (χ3v) is 6.92. The predicted molar refractivity (Wildman–Crippen MR) is 158 cm³/mol. The minimum atomic E-state index is -0.925. The number of nitrogens with zero attached hydrogens (tertiary/aromatic N) is 5. The number of hydrogen-bond acceptors (Lipinski definition) is 7. The van der Waals surface area contributed by atoms with Crippen LogP contribution in [0.15, 0.2) is 84.9 Å². The molecule has 42 heavy (non-hydrogen) atoms. The molecule has 0 aliphatic carbocycles. The summed E-state index contributed by atoms with van der Waals surface area (Å²) in [5, 5.41) is 22.0. The minimum Gasteiger partial charge on any atom is -0.464 e. The van der Waals surface area contributed by atoms with Gasteiger partial charge in [0.05, 0.1) is 13.2 Å². The normalized spacial score (nSPS) is 11.7. The maximum atomic E-state index is 13.3. The van der Waals surface area contributed by atoms with Crippen LogP contribution in [0.4, 0.5) is 0 Å². The van der Waals surface area contributed by atoms with Crippen molar-refractivity contribution in [3.63, 3.8) is 0 Å². The topological polar surface area (TPSA) is 128 Å². The molecular formula is C32H33N7O3. The highest BCUT2D eigenvalue weighted by molar-refractivity contribution is 5.95. The summed E-state index contributed by atoms with van der Waals surface area (Å²) in [7, 11) is 0. The molecule has 0 spiro atoms. The number of H-pyrrole nitrogens is 1. The Kier molecular flexibility index (Phi) is 9.13. The predicted octanol–water partition coefficient (Wildman–Crippen LogP) is 5.16. The number of esters is 1. The number of aryl methyl sites for hydroxylation is 1. The Morgan fingerprint density at radius 3 is 2.38 bits per heavy atom. The molecular weight excluding hydrogens is 530 g/mol. The molecule has 0 radical (unpaired) electrons. The number of carbonyl (C=O) groups excluding carboxylic acids is 2. The van der Waals surface area contributed by atoms with E-state index < -0.39 is 17.9 Å². The molecule has 1 unspecified atom stereocenters. The third kappa shape index (κ3) is 6.60. The second kappa shape index (κ2) is 13.5. The van der Waals surface area contributed by atoms with Gasteiger partial charge in [0.15, 0.2) is 6.04 Å². The molecule has 0 bridgehead atoms. The lowest BCUT2D eigenvalue weighted by Crippen LogP contribution is -2.35. The summed E-state index contributed by atoms with van der Waals surface area (Å²) in [6.07, 6.45) is 2.76. The molecule has 2 N–H and O–H groups in total. The molecule has 0 aliphatic heterocycles. The van der Waals surface area contributed by atoms with Crippen LogP contribution >= 0.6 is 0 Å². The SMILES string of the molecule is CCCCc1cc(C(=O)NC(C(=O)OCC)c2ccccc2)nn1Cc1ccc(-c2ccccc2-c2nn[nH]n2)cc1. The van der Waals surface area contributed by atoms with E-state index in [1.54, 1.807) is 19.1 Å². The highest BCUT2D eigenvalue weighted by Crippen LogP contribution is 2.30. The Hall–Kier alpha value is -5.12. The zero-order chi connectivity index (χ0) is 29.3. The van der Waals surface area contributed by atoms with Gasteiger partial charge >= 0.3 is 5.97 Å². The molecule has 1 amide bonds. The Bertz CT molecular complexity index is 1610. The highest BCUT2D eigenvalue weighted by atomic mass is 16.5. The number of ether oxygens (including phenoxy) is 1. The summed E-state index contributed by atoms with van der Waals surface area (Å²) >= 11 is 0. The first-order valence-electron chi connectivity index (χ1n) is 14.1. The van der Waals surface area contributed by atoms with Gasteiger partial charge in [-0.3, -0.25) is 9.48 Å². The van der Waals surface area contributed by atoms with Gasteiger partial charge in [-0.2, -0.15) is 10.3 Å². The van der Waals surface area contributed by atoms with Gasteiger partial charge in [-0.05, 0) is 53.3 Å². The van der Waals surface area contributed by atoms with Crippen molar-refractivity contribution in [2.24, 2.45) is 0 Å². The summed E-state index contributed by atoms with van der Waals surface area (Å²) in [5.74, 6) is -0.402. The molecule has 0 saturated heterocycles. The first-order valence-corrected chi connectivity index (χ1v) is 14.1. The lowest BCUT2D eigenvalue weighted by atomic mass is 9.98. The highest BCUT2D eigenvalue weighted by Gasteiger charge is 2.26. The van der Waals surface area contributed by atoms with Gasteiger partial charge < -0.3 is 10.1 Å². The number of hydrogen-bond donors (Lipinski definition) is 2. The number of nitrogens with one attached hydrogen (secondary N) is 2. The number of aromatic amines is 1. The molecule has 3 aromatic carbocycles. The van der Waals surface area contributed by atoms with Crippen molar-refractivity contribution in [1.29, 1.82) is 0 Å². The number of aromatic nitrogens is 6. The van der Waals surface area contributed by atoms with Crippen molar-refractivity contribution in [3.05, 3.63) is 107 Å². The largest absolute Gasteiger partial charge is 0.464 e. The van der Waals surface area contributed by atoms with Crippen LogP contribution in [0.1, 0.15) is 60.0 Å². The molecule has 10 heteroatoms. The van der Waals surface area contributed by atoms with Crippen molar-refractivity contribution in [1.82, 2.24) is 35.7 Å². The van der Waals surface area contributed by atoms with Crippen LogP contribution in [0.2, 0.25) is 0 Å². The minimum absolute atomic E-state index is 0.218. The summed E-state index contributed by atoms with van der Waals surface area (Å²) in [5.41, 5.74) is 5.82. The van der Waals surface area contributed by atoms with Gasteiger partial charge in [-0.25, -0.2) is 4.79 Å². The van der Waals surface area contributed by atoms with Gasteiger partial charge in [0, 0.05) is 11.3 Å². The number of rotatable bonds is 12. The third-order valence-electron chi connectivity index (χ3n) is 6.92. The maximum absolute atomic E-state index is 13.3. The van der Waals surface area contributed by atoms with E-state index in [1.807, 2.05) is 53.2 Å². The van der Waals surface area contributed by atoms with Gasteiger partial charge in [-0.1, -0.05) is 92.2 Å². The molecule has 1 atom stereocenters.